The van der Waals surface area contributed by atoms with Gasteiger partial charge in [0, 0.05) is 11.2 Å². The number of halogens is 3. The summed E-state index contributed by atoms with van der Waals surface area (Å²) >= 11 is 12.6. The quantitative estimate of drug-likeness (QED) is 0.231. The number of rotatable bonds is 7. The van der Waals surface area contributed by atoms with Crippen LogP contribution in [0.15, 0.2) is 79.5 Å². The fourth-order valence-corrected chi connectivity index (χ4v) is 5.13. The topological polar surface area (TPSA) is 65.0 Å². The first-order chi connectivity index (χ1) is 14.3. The van der Waals surface area contributed by atoms with Crippen molar-refractivity contribution in [2.75, 3.05) is 6.61 Å². The van der Waals surface area contributed by atoms with Gasteiger partial charge < -0.3 is 8.92 Å². The highest BCUT2D eigenvalue weighted by atomic mass is 79.9. The van der Waals surface area contributed by atoms with E-state index in [1.165, 1.54) is 24.3 Å². The molecule has 3 aromatic carbocycles. The standard InChI is InChI=1S/C21H16Br2ClNO4S/c1-2-28-17-7-5-16(6-8-17)25-13-14-11-19(22)21(20(23)12-14)29-30(26,27)18-9-3-15(24)4-10-18/h3-13H,2H2,1H3. The Morgan fingerprint density at radius 1 is 1.00 bits per heavy atom. The summed E-state index contributed by atoms with van der Waals surface area (Å²) in [5.74, 6) is 0.925. The van der Waals surface area contributed by atoms with Gasteiger partial charge in [-0.2, -0.15) is 8.42 Å². The van der Waals surface area contributed by atoms with Gasteiger partial charge in [0.1, 0.15) is 10.6 Å². The fourth-order valence-electron chi connectivity index (χ4n) is 2.44. The monoisotopic (exact) mass is 571 g/mol. The molecular formula is C21H16Br2ClNO4S. The van der Waals surface area contributed by atoms with E-state index >= 15 is 0 Å². The average Bonchev–Trinajstić information content (AvgIpc) is 2.71. The normalized spacial score (nSPS) is 11.6. The average molecular weight is 574 g/mol. The van der Waals surface area contributed by atoms with Crippen molar-refractivity contribution in [3.8, 4) is 11.5 Å². The van der Waals surface area contributed by atoms with Gasteiger partial charge in [-0.05, 0) is 105 Å². The van der Waals surface area contributed by atoms with Crippen molar-refractivity contribution in [1.82, 2.24) is 0 Å². The molecule has 0 aliphatic carbocycles. The molecule has 0 radical (unpaired) electrons. The van der Waals surface area contributed by atoms with Crippen molar-refractivity contribution in [1.29, 1.82) is 0 Å². The first-order valence-electron chi connectivity index (χ1n) is 8.74. The minimum atomic E-state index is -4.02. The summed E-state index contributed by atoms with van der Waals surface area (Å²) < 4.78 is 36.7. The summed E-state index contributed by atoms with van der Waals surface area (Å²) in [6.07, 6.45) is 1.67. The van der Waals surface area contributed by atoms with Crippen LogP contribution in [0.5, 0.6) is 11.5 Å². The SMILES string of the molecule is CCOc1ccc(N=Cc2cc(Br)c(OS(=O)(=O)c3ccc(Cl)cc3)c(Br)c2)cc1. The summed E-state index contributed by atoms with van der Waals surface area (Å²) in [4.78, 5) is 4.43. The number of nitrogens with zero attached hydrogens (tertiary/aromatic N) is 1. The molecule has 5 nitrogen and oxygen atoms in total. The minimum absolute atomic E-state index is 0.00633. The molecule has 0 amide bonds. The molecule has 0 spiro atoms. The molecule has 0 fully saturated rings. The smallest absolute Gasteiger partial charge is 0.339 e. The summed E-state index contributed by atoms with van der Waals surface area (Å²) in [5.41, 5.74) is 1.51. The lowest BCUT2D eigenvalue weighted by Gasteiger charge is -2.11. The fraction of sp³-hybridized carbons (Fsp3) is 0.0952. The summed E-state index contributed by atoms with van der Waals surface area (Å²) in [5, 5.41) is 0.437. The maximum atomic E-state index is 12.5. The Morgan fingerprint density at radius 3 is 2.17 bits per heavy atom. The Labute approximate surface area is 197 Å². The van der Waals surface area contributed by atoms with E-state index in [-0.39, 0.29) is 10.6 Å². The summed E-state index contributed by atoms with van der Waals surface area (Å²) in [6, 6.07) is 16.6. The lowest BCUT2D eigenvalue weighted by molar-refractivity contribution is 0.340. The molecule has 3 aromatic rings. The molecule has 0 N–H and O–H groups in total. The van der Waals surface area contributed by atoms with E-state index in [1.54, 1.807) is 18.3 Å². The zero-order valence-corrected chi connectivity index (χ0v) is 20.4. The summed E-state index contributed by atoms with van der Waals surface area (Å²) in [7, 11) is -4.02. The molecule has 0 bridgehead atoms. The number of benzene rings is 3. The van der Waals surface area contributed by atoms with Crippen LogP contribution in [0, 0.1) is 0 Å². The van der Waals surface area contributed by atoms with Crippen LogP contribution in [-0.4, -0.2) is 21.2 Å². The van der Waals surface area contributed by atoms with E-state index in [2.05, 4.69) is 36.9 Å². The first-order valence-corrected chi connectivity index (χ1v) is 12.1. The van der Waals surface area contributed by atoms with Gasteiger partial charge in [-0.3, -0.25) is 4.99 Å². The van der Waals surface area contributed by atoms with E-state index in [9.17, 15) is 8.42 Å². The maximum Gasteiger partial charge on any atom is 0.339 e. The number of ether oxygens (including phenoxy) is 1. The van der Waals surface area contributed by atoms with E-state index in [4.69, 9.17) is 20.5 Å². The van der Waals surface area contributed by atoms with Gasteiger partial charge in [0.2, 0.25) is 0 Å². The predicted octanol–water partition coefficient (Wildman–Crippen LogP) is 6.78. The van der Waals surface area contributed by atoms with Crippen molar-refractivity contribution in [3.63, 3.8) is 0 Å². The number of aliphatic imine (C=N–C) groups is 1. The molecule has 0 aromatic heterocycles. The molecule has 0 aliphatic rings. The molecule has 156 valence electrons. The van der Waals surface area contributed by atoms with Crippen molar-refractivity contribution in [2.45, 2.75) is 11.8 Å². The Balaban J connectivity index is 1.80. The molecule has 9 heteroatoms. The van der Waals surface area contributed by atoms with E-state index in [1.807, 2.05) is 31.2 Å². The third-order valence-electron chi connectivity index (χ3n) is 3.83. The number of hydrogen-bond donors (Lipinski definition) is 0. The highest BCUT2D eigenvalue weighted by molar-refractivity contribution is 9.11. The largest absolute Gasteiger partial charge is 0.494 e. The molecule has 0 saturated carbocycles. The van der Waals surface area contributed by atoms with Crippen molar-refractivity contribution < 1.29 is 17.3 Å². The molecule has 0 atom stereocenters. The van der Waals surface area contributed by atoms with Crippen LogP contribution in [0.3, 0.4) is 0 Å². The van der Waals surface area contributed by atoms with Crippen molar-refractivity contribution in [2.24, 2.45) is 4.99 Å². The highest BCUT2D eigenvalue weighted by Gasteiger charge is 2.20. The van der Waals surface area contributed by atoms with Gasteiger partial charge in [0.05, 0.1) is 21.2 Å². The lowest BCUT2D eigenvalue weighted by Crippen LogP contribution is -2.10. The third-order valence-corrected chi connectivity index (χ3v) is 6.49. The molecule has 0 aliphatic heterocycles. The zero-order valence-electron chi connectivity index (χ0n) is 15.7. The van der Waals surface area contributed by atoms with Gasteiger partial charge in [0.15, 0.2) is 5.75 Å². The molecular weight excluding hydrogens is 558 g/mol. The Kier molecular flexibility index (Phi) is 7.57. The third kappa shape index (κ3) is 5.85. The van der Waals surface area contributed by atoms with Gasteiger partial charge in [-0.15, -0.1) is 0 Å². The van der Waals surface area contributed by atoms with Crippen molar-refractivity contribution >= 4 is 65.5 Å². The zero-order chi connectivity index (χ0) is 21.7. The highest BCUT2D eigenvalue weighted by Crippen LogP contribution is 2.36. The second kappa shape index (κ2) is 9.96. The molecule has 30 heavy (non-hydrogen) atoms. The second-order valence-corrected chi connectivity index (χ2v) is 9.68. The molecule has 3 rings (SSSR count). The summed E-state index contributed by atoms with van der Waals surface area (Å²) in [6.45, 7) is 2.53. The Hall–Kier alpha value is -1.87. The predicted molar refractivity (Wildman–Crippen MR) is 126 cm³/mol. The number of hydrogen-bond acceptors (Lipinski definition) is 5. The Morgan fingerprint density at radius 2 is 1.60 bits per heavy atom. The van der Waals surface area contributed by atoms with Gasteiger partial charge >= 0.3 is 10.1 Å². The van der Waals surface area contributed by atoms with E-state index in [0.29, 0.717) is 20.6 Å². The van der Waals surface area contributed by atoms with Crippen LogP contribution >= 0.6 is 43.5 Å². The van der Waals surface area contributed by atoms with Crippen LogP contribution in [0.2, 0.25) is 5.02 Å². The van der Waals surface area contributed by atoms with Gasteiger partial charge in [-0.25, -0.2) is 0 Å². The molecule has 0 heterocycles. The first kappa shape index (κ1) is 22.8. The van der Waals surface area contributed by atoms with Crippen LogP contribution in [0.4, 0.5) is 5.69 Å². The van der Waals surface area contributed by atoms with E-state index in [0.717, 1.165) is 17.0 Å². The minimum Gasteiger partial charge on any atom is -0.494 e. The van der Waals surface area contributed by atoms with Crippen LogP contribution in [0.1, 0.15) is 12.5 Å². The maximum absolute atomic E-state index is 12.5. The van der Waals surface area contributed by atoms with Crippen LogP contribution in [0.25, 0.3) is 0 Å². The lowest BCUT2D eigenvalue weighted by atomic mass is 10.2. The van der Waals surface area contributed by atoms with Gasteiger partial charge in [-0.1, -0.05) is 11.6 Å². The van der Waals surface area contributed by atoms with Gasteiger partial charge in [0.25, 0.3) is 0 Å². The van der Waals surface area contributed by atoms with Crippen LogP contribution < -0.4 is 8.92 Å². The second-order valence-electron chi connectivity index (χ2n) is 5.99. The van der Waals surface area contributed by atoms with Crippen molar-refractivity contribution in [3.05, 3.63) is 80.2 Å². The molecule has 0 unspecified atom stereocenters. The molecule has 0 saturated heterocycles. The van der Waals surface area contributed by atoms with Crippen LogP contribution in [-0.2, 0) is 10.1 Å². The Bertz CT molecular complexity index is 1140. The van der Waals surface area contributed by atoms with E-state index < -0.39 is 10.1 Å².